The highest BCUT2D eigenvalue weighted by Gasteiger charge is 2.02. The first-order valence-electron chi connectivity index (χ1n) is 7.16. The van der Waals surface area contributed by atoms with Crippen LogP contribution in [0, 0.1) is 0 Å². The minimum absolute atomic E-state index is 0.267. The molecule has 0 aliphatic carbocycles. The number of esters is 1. The second kappa shape index (κ2) is 11.3. The topological polar surface area (TPSA) is 29.5 Å². The molecule has 0 N–H and O–H groups in total. The Morgan fingerprint density at radius 2 is 1.61 bits per heavy atom. The molecule has 0 atom stereocenters. The molecule has 0 amide bonds. The van der Waals surface area contributed by atoms with Crippen molar-refractivity contribution >= 4 is 5.97 Å². The van der Waals surface area contributed by atoms with E-state index in [2.05, 4.69) is 25.3 Å². The van der Waals surface area contributed by atoms with Crippen LogP contribution in [0.25, 0.3) is 0 Å². The molecule has 0 aromatic heterocycles. The van der Waals surface area contributed by atoms with Gasteiger partial charge in [0.05, 0.1) is 6.61 Å². The van der Waals surface area contributed by atoms with Gasteiger partial charge in [-0.15, -0.1) is 0 Å². The number of carbonyl (C=O) groups excluding carboxylic acids is 1. The SMILES string of the molecule is C=C(C)C(=O)OCCCCCCCN(CC)CC. The molecule has 0 aromatic rings. The standard InChI is InChI=1S/C15H29NO2/c1-5-16(6-2)12-10-8-7-9-11-13-18-15(17)14(3)4/h3,5-13H2,1-2,4H3. The van der Waals surface area contributed by atoms with Crippen molar-refractivity contribution in [2.75, 3.05) is 26.2 Å². The van der Waals surface area contributed by atoms with Gasteiger partial charge < -0.3 is 9.64 Å². The third-order valence-corrected chi connectivity index (χ3v) is 3.09. The van der Waals surface area contributed by atoms with Crippen molar-refractivity contribution in [1.29, 1.82) is 0 Å². The highest BCUT2D eigenvalue weighted by atomic mass is 16.5. The van der Waals surface area contributed by atoms with E-state index in [9.17, 15) is 4.79 Å². The first-order chi connectivity index (χ1) is 8.61. The van der Waals surface area contributed by atoms with Gasteiger partial charge >= 0.3 is 5.97 Å². The van der Waals surface area contributed by atoms with Crippen LogP contribution in [0.15, 0.2) is 12.2 Å². The van der Waals surface area contributed by atoms with Gasteiger partial charge in [0.1, 0.15) is 0 Å². The molecule has 0 unspecified atom stereocenters. The molecule has 106 valence electrons. The highest BCUT2D eigenvalue weighted by Crippen LogP contribution is 2.05. The van der Waals surface area contributed by atoms with Crippen molar-refractivity contribution in [1.82, 2.24) is 4.90 Å². The number of ether oxygens (including phenoxy) is 1. The van der Waals surface area contributed by atoms with E-state index < -0.39 is 0 Å². The minimum Gasteiger partial charge on any atom is -0.462 e. The molecule has 0 saturated carbocycles. The molecule has 0 saturated heterocycles. The van der Waals surface area contributed by atoms with Crippen LogP contribution >= 0.6 is 0 Å². The van der Waals surface area contributed by atoms with Crippen LogP contribution in [0.1, 0.15) is 52.9 Å². The summed E-state index contributed by atoms with van der Waals surface area (Å²) < 4.78 is 5.04. The largest absolute Gasteiger partial charge is 0.462 e. The summed E-state index contributed by atoms with van der Waals surface area (Å²) >= 11 is 0. The van der Waals surface area contributed by atoms with Crippen molar-refractivity contribution < 1.29 is 9.53 Å². The molecule has 0 aromatic carbocycles. The van der Waals surface area contributed by atoms with Crippen LogP contribution in [0.4, 0.5) is 0 Å². The van der Waals surface area contributed by atoms with Crippen LogP contribution < -0.4 is 0 Å². The Morgan fingerprint density at radius 3 is 2.17 bits per heavy atom. The van der Waals surface area contributed by atoms with E-state index in [1.54, 1.807) is 6.92 Å². The number of unbranched alkanes of at least 4 members (excludes halogenated alkanes) is 4. The lowest BCUT2D eigenvalue weighted by atomic mass is 10.1. The zero-order valence-corrected chi connectivity index (χ0v) is 12.3. The quantitative estimate of drug-likeness (QED) is 0.322. The Hall–Kier alpha value is -0.830. The fourth-order valence-corrected chi connectivity index (χ4v) is 1.80. The normalized spacial score (nSPS) is 10.7. The first kappa shape index (κ1) is 17.2. The van der Waals surface area contributed by atoms with E-state index in [-0.39, 0.29) is 5.97 Å². The lowest BCUT2D eigenvalue weighted by Crippen LogP contribution is -2.23. The minimum atomic E-state index is -0.267. The smallest absolute Gasteiger partial charge is 0.333 e. The molecule has 0 radical (unpaired) electrons. The zero-order valence-electron chi connectivity index (χ0n) is 12.3. The van der Waals surface area contributed by atoms with Crippen molar-refractivity contribution in [3.8, 4) is 0 Å². The van der Waals surface area contributed by atoms with Gasteiger partial charge in [0.2, 0.25) is 0 Å². The Bertz CT molecular complexity index is 235. The summed E-state index contributed by atoms with van der Waals surface area (Å²) in [6.07, 6.45) is 5.87. The van der Waals surface area contributed by atoms with E-state index in [1.807, 2.05) is 0 Å². The molecule has 0 heterocycles. The van der Waals surface area contributed by atoms with Crippen LogP contribution in [0.2, 0.25) is 0 Å². The van der Waals surface area contributed by atoms with Gasteiger partial charge in [0.15, 0.2) is 0 Å². The lowest BCUT2D eigenvalue weighted by Gasteiger charge is -2.17. The van der Waals surface area contributed by atoms with Crippen LogP contribution in [0.3, 0.4) is 0 Å². The highest BCUT2D eigenvalue weighted by molar-refractivity contribution is 5.86. The predicted molar refractivity (Wildman–Crippen MR) is 76.6 cm³/mol. The summed E-state index contributed by atoms with van der Waals surface area (Å²) in [4.78, 5) is 13.5. The van der Waals surface area contributed by atoms with E-state index in [1.165, 1.54) is 25.8 Å². The fourth-order valence-electron chi connectivity index (χ4n) is 1.80. The van der Waals surface area contributed by atoms with Crippen molar-refractivity contribution in [2.24, 2.45) is 0 Å². The zero-order chi connectivity index (χ0) is 13.8. The van der Waals surface area contributed by atoms with Crippen LogP contribution in [0.5, 0.6) is 0 Å². The van der Waals surface area contributed by atoms with Crippen molar-refractivity contribution in [3.05, 3.63) is 12.2 Å². The van der Waals surface area contributed by atoms with Gasteiger partial charge in [0.25, 0.3) is 0 Å². The van der Waals surface area contributed by atoms with Gasteiger partial charge in [-0.3, -0.25) is 0 Å². The summed E-state index contributed by atoms with van der Waals surface area (Å²) in [6, 6.07) is 0. The monoisotopic (exact) mass is 255 g/mol. The van der Waals surface area contributed by atoms with Crippen LogP contribution in [-0.4, -0.2) is 37.1 Å². The Labute approximate surface area is 112 Å². The third kappa shape index (κ3) is 9.23. The molecule has 0 fully saturated rings. The van der Waals surface area contributed by atoms with E-state index >= 15 is 0 Å². The molecule has 0 aliphatic heterocycles. The van der Waals surface area contributed by atoms with Gasteiger partial charge in [-0.25, -0.2) is 4.79 Å². The number of hydrogen-bond donors (Lipinski definition) is 0. The van der Waals surface area contributed by atoms with Gasteiger partial charge in [0, 0.05) is 5.57 Å². The molecular formula is C15H29NO2. The van der Waals surface area contributed by atoms with E-state index in [0.29, 0.717) is 12.2 Å². The molecule has 3 heteroatoms. The maximum Gasteiger partial charge on any atom is 0.333 e. The molecule has 0 spiro atoms. The molecule has 0 rings (SSSR count). The molecular weight excluding hydrogens is 226 g/mol. The second-order valence-electron chi connectivity index (χ2n) is 4.71. The number of carbonyl (C=O) groups is 1. The van der Waals surface area contributed by atoms with Gasteiger partial charge in [-0.1, -0.05) is 39.7 Å². The number of rotatable bonds is 11. The van der Waals surface area contributed by atoms with Crippen molar-refractivity contribution in [2.45, 2.75) is 52.9 Å². The average Bonchev–Trinajstić information content (AvgIpc) is 2.36. The number of nitrogens with zero attached hydrogens (tertiary/aromatic N) is 1. The summed E-state index contributed by atoms with van der Waals surface area (Å²) in [5.41, 5.74) is 0.481. The summed E-state index contributed by atoms with van der Waals surface area (Å²) in [7, 11) is 0. The predicted octanol–water partition coefficient (Wildman–Crippen LogP) is 3.40. The molecule has 3 nitrogen and oxygen atoms in total. The van der Waals surface area contributed by atoms with Crippen molar-refractivity contribution in [3.63, 3.8) is 0 Å². The van der Waals surface area contributed by atoms with Crippen LogP contribution in [-0.2, 0) is 9.53 Å². The lowest BCUT2D eigenvalue weighted by molar-refractivity contribution is -0.139. The summed E-state index contributed by atoms with van der Waals surface area (Å²) in [6.45, 7) is 13.7. The fraction of sp³-hybridized carbons (Fsp3) is 0.800. The van der Waals surface area contributed by atoms with E-state index in [4.69, 9.17) is 4.74 Å². The van der Waals surface area contributed by atoms with Gasteiger partial charge in [-0.05, 0) is 39.4 Å². The van der Waals surface area contributed by atoms with E-state index in [0.717, 1.165) is 25.9 Å². The summed E-state index contributed by atoms with van der Waals surface area (Å²) in [5, 5.41) is 0. The molecule has 0 bridgehead atoms. The Kier molecular flexibility index (Phi) is 10.8. The first-order valence-corrected chi connectivity index (χ1v) is 7.16. The third-order valence-electron chi connectivity index (χ3n) is 3.09. The second-order valence-corrected chi connectivity index (χ2v) is 4.71. The summed E-state index contributed by atoms with van der Waals surface area (Å²) in [5.74, 6) is -0.267. The Balaban J connectivity index is 3.26. The maximum absolute atomic E-state index is 11.1. The number of hydrogen-bond acceptors (Lipinski definition) is 3. The maximum atomic E-state index is 11.1. The Morgan fingerprint density at radius 1 is 1.06 bits per heavy atom. The average molecular weight is 255 g/mol. The van der Waals surface area contributed by atoms with Gasteiger partial charge in [-0.2, -0.15) is 0 Å². The molecule has 0 aliphatic rings. The molecule has 18 heavy (non-hydrogen) atoms.